The van der Waals surface area contributed by atoms with Gasteiger partial charge in [-0.05, 0) is 29.8 Å². The Balaban J connectivity index is 1.73. The Morgan fingerprint density at radius 1 is 1.00 bits per heavy atom. The summed E-state index contributed by atoms with van der Waals surface area (Å²) in [5.41, 5.74) is 0.356. The summed E-state index contributed by atoms with van der Waals surface area (Å²) in [6.45, 7) is -0.646. The van der Waals surface area contributed by atoms with Crippen LogP contribution < -0.4 is 14.9 Å². The largest absolute Gasteiger partial charge is 0.504 e. The molecule has 3 aromatic rings. The maximum atomic E-state index is 13.1. The van der Waals surface area contributed by atoms with E-state index >= 15 is 0 Å². The number of methoxy groups -OCH3 is 1. The number of rotatable bonds is 5. The summed E-state index contributed by atoms with van der Waals surface area (Å²) in [7, 11) is 1.53. The van der Waals surface area contributed by atoms with Crippen LogP contribution in [0.15, 0.2) is 51.9 Å². The molecule has 5 N–H and O–H groups in total. The van der Waals surface area contributed by atoms with Gasteiger partial charge in [-0.15, -0.1) is 0 Å². The lowest BCUT2D eigenvalue weighted by molar-refractivity contribution is -0.277. The van der Waals surface area contributed by atoms with Crippen molar-refractivity contribution in [3.8, 4) is 28.4 Å². The number of aliphatic hydroxyl groups excluding tert-OH is 4. The number of phenols is 1. The maximum absolute atomic E-state index is 13.1. The van der Waals surface area contributed by atoms with Crippen molar-refractivity contribution in [2.24, 2.45) is 0 Å². The lowest BCUT2D eigenvalue weighted by Gasteiger charge is -2.39. The number of phenolic OH excluding ortho intramolecular Hbond substituents is 1. The van der Waals surface area contributed by atoms with E-state index in [1.807, 2.05) is 0 Å². The number of hydrogen-bond donors (Lipinski definition) is 5. The van der Waals surface area contributed by atoms with Crippen LogP contribution >= 0.6 is 0 Å². The lowest BCUT2D eigenvalue weighted by Crippen LogP contribution is -2.60. The van der Waals surface area contributed by atoms with Crippen LogP contribution in [0.2, 0.25) is 0 Å². The fourth-order valence-electron chi connectivity index (χ4n) is 3.53. The van der Waals surface area contributed by atoms with E-state index in [1.165, 1.54) is 25.5 Å². The van der Waals surface area contributed by atoms with Gasteiger partial charge in [0.15, 0.2) is 11.3 Å². The summed E-state index contributed by atoms with van der Waals surface area (Å²) in [4.78, 5) is 13.1. The first-order valence-electron chi connectivity index (χ1n) is 9.74. The molecule has 10 nitrogen and oxygen atoms in total. The molecule has 2 aromatic carbocycles. The maximum Gasteiger partial charge on any atom is 0.229 e. The number of ether oxygens (including phenoxy) is 3. The predicted octanol–water partition coefficient (Wildman–Crippen LogP) is 0.353. The molecule has 1 aliphatic rings. The second-order valence-corrected chi connectivity index (χ2v) is 7.31. The summed E-state index contributed by atoms with van der Waals surface area (Å²) in [6.07, 6.45) is -6.49. The van der Waals surface area contributed by atoms with Gasteiger partial charge in [-0.3, -0.25) is 4.79 Å². The molecule has 0 spiro atoms. The highest BCUT2D eigenvalue weighted by molar-refractivity contribution is 5.88. The van der Waals surface area contributed by atoms with Gasteiger partial charge in [0.2, 0.25) is 17.5 Å². The molecule has 4 rings (SSSR count). The fourth-order valence-corrected chi connectivity index (χ4v) is 3.53. The van der Waals surface area contributed by atoms with Gasteiger partial charge in [0.1, 0.15) is 36.4 Å². The monoisotopic (exact) mass is 446 g/mol. The molecule has 170 valence electrons. The predicted molar refractivity (Wildman–Crippen MR) is 111 cm³/mol. The quantitative estimate of drug-likeness (QED) is 0.370. The van der Waals surface area contributed by atoms with Crippen LogP contribution in [-0.4, -0.2) is 70.0 Å². The summed E-state index contributed by atoms with van der Waals surface area (Å²) in [5.74, 6) is -0.0842. The van der Waals surface area contributed by atoms with Crippen molar-refractivity contribution >= 4 is 11.0 Å². The van der Waals surface area contributed by atoms with Crippen molar-refractivity contribution in [2.75, 3.05) is 13.7 Å². The molecule has 0 unspecified atom stereocenters. The number of fused-ring (bicyclic) bond motifs is 1. The van der Waals surface area contributed by atoms with Crippen molar-refractivity contribution in [2.45, 2.75) is 30.7 Å². The number of aromatic hydroxyl groups is 1. The highest BCUT2D eigenvalue weighted by Gasteiger charge is 2.45. The molecule has 1 fully saturated rings. The van der Waals surface area contributed by atoms with Gasteiger partial charge < -0.3 is 44.2 Å². The zero-order valence-electron chi connectivity index (χ0n) is 16.9. The van der Waals surface area contributed by atoms with Gasteiger partial charge >= 0.3 is 0 Å². The third-order valence-electron chi connectivity index (χ3n) is 5.36. The third kappa shape index (κ3) is 3.78. The Morgan fingerprint density at radius 3 is 2.38 bits per heavy atom. The molecule has 32 heavy (non-hydrogen) atoms. The summed E-state index contributed by atoms with van der Waals surface area (Å²) < 4.78 is 21.6. The van der Waals surface area contributed by atoms with E-state index in [4.69, 9.17) is 18.6 Å². The minimum atomic E-state index is -1.70. The SMILES string of the molecule is COc1ccc(-c2coc3c(O[C@@H]4O[C@H](CO)[C@@H](O)[C@H](O)[C@H]4O)c(O)ccc3c2=O)cc1. The van der Waals surface area contributed by atoms with Gasteiger partial charge in [-0.25, -0.2) is 0 Å². The molecule has 1 aromatic heterocycles. The van der Waals surface area contributed by atoms with Crippen LogP contribution in [0, 0.1) is 0 Å². The molecule has 0 saturated carbocycles. The van der Waals surface area contributed by atoms with E-state index in [1.54, 1.807) is 24.3 Å². The van der Waals surface area contributed by atoms with E-state index in [2.05, 4.69) is 0 Å². The number of benzene rings is 2. The van der Waals surface area contributed by atoms with Crippen LogP contribution in [0.1, 0.15) is 0 Å². The molecule has 5 atom stereocenters. The molecule has 0 aliphatic carbocycles. The second kappa shape index (κ2) is 8.77. The molecular weight excluding hydrogens is 424 g/mol. The summed E-state index contributed by atoms with van der Waals surface area (Å²) >= 11 is 0. The zero-order chi connectivity index (χ0) is 23.0. The molecule has 1 aliphatic heterocycles. The van der Waals surface area contributed by atoms with E-state index < -0.39 is 48.5 Å². The summed E-state index contributed by atoms with van der Waals surface area (Å²) in [6, 6.07) is 9.37. The van der Waals surface area contributed by atoms with Crippen molar-refractivity contribution in [3.63, 3.8) is 0 Å². The lowest BCUT2D eigenvalue weighted by atomic mass is 9.99. The molecule has 0 radical (unpaired) electrons. The minimum absolute atomic E-state index is 0.0932. The van der Waals surface area contributed by atoms with Crippen molar-refractivity contribution in [1.29, 1.82) is 0 Å². The Kier molecular flexibility index (Phi) is 6.04. The summed E-state index contributed by atoms with van der Waals surface area (Å²) in [5, 5.41) is 49.8. The standard InChI is InChI=1S/C22H22O10/c1-29-11-4-2-10(3-5-11)13-9-30-20-12(16(13)25)6-7-14(24)21(20)32-22-19(28)18(27)17(26)15(8-23)31-22/h2-7,9,15,17-19,22-24,26-28H,8H2,1H3/t15-,17-,18+,19-,22+/m1/s1. The van der Waals surface area contributed by atoms with E-state index in [9.17, 15) is 30.3 Å². The van der Waals surface area contributed by atoms with Gasteiger partial charge in [-0.2, -0.15) is 0 Å². The number of aliphatic hydroxyl groups is 4. The molecule has 0 amide bonds. The van der Waals surface area contributed by atoms with Gasteiger partial charge in [-0.1, -0.05) is 12.1 Å². The third-order valence-corrected chi connectivity index (χ3v) is 5.36. The van der Waals surface area contributed by atoms with Gasteiger partial charge in [0, 0.05) is 0 Å². The van der Waals surface area contributed by atoms with E-state index in [-0.39, 0.29) is 22.3 Å². The highest BCUT2D eigenvalue weighted by Crippen LogP contribution is 2.37. The van der Waals surface area contributed by atoms with Crippen molar-refractivity contribution in [3.05, 3.63) is 52.9 Å². The fraction of sp³-hybridized carbons (Fsp3) is 0.318. The topological polar surface area (TPSA) is 159 Å². The smallest absolute Gasteiger partial charge is 0.229 e. The number of hydrogen-bond acceptors (Lipinski definition) is 10. The molecule has 0 bridgehead atoms. The Morgan fingerprint density at radius 2 is 1.72 bits per heavy atom. The van der Waals surface area contributed by atoms with Crippen LogP contribution in [0.3, 0.4) is 0 Å². The first kappa shape index (κ1) is 22.1. The molecule has 1 saturated heterocycles. The van der Waals surface area contributed by atoms with Crippen molar-refractivity contribution < 1.29 is 44.2 Å². The molecule has 10 heteroatoms. The second-order valence-electron chi connectivity index (χ2n) is 7.31. The Bertz CT molecular complexity index is 1150. The van der Waals surface area contributed by atoms with Crippen LogP contribution in [-0.2, 0) is 4.74 Å². The minimum Gasteiger partial charge on any atom is -0.504 e. The van der Waals surface area contributed by atoms with Gasteiger partial charge in [0.05, 0.1) is 24.7 Å². The highest BCUT2D eigenvalue weighted by atomic mass is 16.7. The van der Waals surface area contributed by atoms with Crippen molar-refractivity contribution in [1.82, 2.24) is 0 Å². The average Bonchev–Trinajstić information content (AvgIpc) is 2.81. The van der Waals surface area contributed by atoms with Crippen LogP contribution in [0.4, 0.5) is 0 Å². The normalized spacial score (nSPS) is 25.6. The average molecular weight is 446 g/mol. The first-order valence-corrected chi connectivity index (χ1v) is 9.74. The van der Waals surface area contributed by atoms with Crippen LogP contribution in [0.25, 0.3) is 22.1 Å². The molecular formula is C22H22O10. The Hall–Kier alpha value is -3.15. The first-order chi connectivity index (χ1) is 15.3. The zero-order valence-corrected chi connectivity index (χ0v) is 16.9. The van der Waals surface area contributed by atoms with E-state index in [0.29, 0.717) is 11.3 Å². The Labute approximate surface area is 181 Å². The molecule has 2 heterocycles. The van der Waals surface area contributed by atoms with Gasteiger partial charge in [0.25, 0.3) is 0 Å². The van der Waals surface area contributed by atoms with E-state index in [0.717, 1.165) is 0 Å². The van der Waals surface area contributed by atoms with Crippen LogP contribution in [0.5, 0.6) is 17.2 Å².